The second-order valence-electron chi connectivity index (χ2n) is 9.15. The molecule has 4 rings (SSSR count). The Morgan fingerprint density at radius 2 is 1.74 bits per heavy atom. The lowest BCUT2D eigenvalue weighted by atomic mass is 9.98. The van der Waals surface area contributed by atoms with Crippen LogP contribution < -0.4 is 4.90 Å². The van der Waals surface area contributed by atoms with E-state index in [2.05, 4.69) is 0 Å². The van der Waals surface area contributed by atoms with Crippen LogP contribution in [-0.4, -0.2) is 59.4 Å². The van der Waals surface area contributed by atoms with Crippen LogP contribution in [0.3, 0.4) is 0 Å². The Morgan fingerprint density at radius 1 is 1.03 bits per heavy atom. The van der Waals surface area contributed by atoms with E-state index < -0.39 is 5.66 Å². The van der Waals surface area contributed by atoms with Crippen LogP contribution in [0.2, 0.25) is 0 Å². The quantitative estimate of drug-likeness (QED) is 0.517. The Bertz CT molecular complexity index is 1120. The highest BCUT2D eigenvalue weighted by atomic mass is 16.5. The zero-order valence-corrected chi connectivity index (χ0v) is 20.2. The summed E-state index contributed by atoms with van der Waals surface area (Å²) >= 11 is 0. The number of ether oxygens (including phenoxy) is 1. The molecule has 0 aliphatic carbocycles. The Balaban J connectivity index is 1.45. The van der Waals surface area contributed by atoms with Crippen LogP contribution in [0.4, 0.5) is 5.69 Å². The summed E-state index contributed by atoms with van der Waals surface area (Å²) in [5.74, 6) is -0.571. The first-order valence-corrected chi connectivity index (χ1v) is 12.0. The number of hydrogen-bond donors (Lipinski definition) is 0. The summed E-state index contributed by atoms with van der Waals surface area (Å²) in [6.45, 7) is 2.93. The van der Waals surface area contributed by atoms with Crippen molar-refractivity contribution in [2.24, 2.45) is 0 Å². The molecule has 1 unspecified atom stereocenters. The summed E-state index contributed by atoms with van der Waals surface area (Å²) in [6, 6.07) is 16.8. The fourth-order valence-corrected chi connectivity index (χ4v) is 5.01. The van der Waals surface area contributed by atoms with Crippen molar-refractivity contribution in [1.29, 1.82) is 0 Å². The molecular weight excluding hydrogens is 446 g/mol. The number of para-hydroxylation sites is 1. The molecular formula is C27H31N3O5. The molecule has 0 radical (unpaired) electrons. The first-order valence-electron chi connectivity index (χ1n) is 12.0. The average molecular weight is 478 g/mol. The monoisotopic (exact) mass is 477 g/mol. The fraction of sp³-hybridized carbons (Fsp3) is 0.407. The van der Waals surface area contributed by atoms with E-state index in [1.54, 1.807) is 26.8 Å². The van der Waals surface area contributed by atoms with Gasteiger partial charge in [0.1, 0.15) is 5.66 Å². The third-order valence-electron chi connectivity index (χ3n) is 6.90. The minimum atomic E-state index is -0.736. The van der Waals surface area contributed by atoms with Crippen LogP contribution in [0, 0.1) is 0 Å². The van der Waals surface area contributed by atoms with E-state index >= 15 is 0 Å². The van der Waals surface area contributed by atoms with Crippen LogP contribution >= 0.6 is 0 Å². The summed E-state index contributed by atoms with van der Waals surface area (Å²) in [6.07, 6.45) is 1.73. The van der Waals surface area contributed by atoms with Gasteiger partial charge in [-0.25, -0.2) is 0 Å². The van der Waals surface area contributed by atoms with Crippen LogP contribution in [0.25, 0.3) is 0 Å². The van der Waals surface area contributed by atoms with Gasteiger partial charge in [-0.3, -0.25) is 24.1 Å². The van der Waals surface area contributed by atoms with Crippen molar-refractivity contribution in [2.45, 2.75) is 51.2 Å². The number of carbonyl (C=O) groups excluding carboxylic acids is 4. The van der Waals surface area contributed by atoms with Crippen molar-refractivity contribution in [3.63, 3.8) is 0 Å². The van der Waals surface area contributed by atoms with Gasteiger partial charge < -0.3 is 14.5 Å². The highest BCUT2D eigenvalue weighted by Gasteiger charge is 2.52. The van der Waals surface area contributed by atoms with Crippen molar-refractivity contribution in [3.8, 4) is 0 Å². The van der Waals surface area contributed by atoms with Crippen molar-refractivity contribution < 1.29 is 23.9 Å². The van der Waals surface area contributed by atoms with Crippen LogP contribution in [0.15, 0.2) is 54.6 Å². The lowest BCUT2D eigenvalue weighted by molar-refractivity contribution is -0.142. The summed E-state index contributed by atoms with van der Waals surface area (Å²) in [7, 11) is 1.33. The number of carbonyl (C=O) groups is 4. The van der Waals surface area contributed by atoms with E-state index in [-0.39, 0.29) is 43.1 Å². The molecule has 2 aliphatic heterocycles. The fourth-order valence-electron chi connectivity index (χ4n) is 5.01. The minimum absolute atomic E-state index is 0.00497. The lowest BCUT2D eigenvalue weighted by Crippen LogP contribution is -2.62. The molecule has 8 nitrogen and oxygen atoms in total. The Labute approximate surface area is 205 Å². The molecule has 0 saturated carbocycles. The molecule has 8 heteroatoms. The maximum atomic E-state index is 13.4. The van der Waals surface area contributed by atoms with E-state index in [1.165, 1.54) is 7.11 Å². The molecule has 2 heterocycles. The van der Waals surface area contributed by atoms with Gasteiger partial charge in [0.25, 0.3) is 5.91 Å². The molecule has 3 amide bonds. The number of rotatable bonds is 9. The van der Waals surface area contributed by atoms with Crippen molar-refractivity contribution in [2.75, 3.05) is 25.1 Å². The maximum absolute atomic E-state index is 13.4. The molecule has 2 aromatic rings. The van der Waals surface area contributed by atoms with Gasteiger partial charge >= 0.3 is 5.97 Å². The molecule has 1 atom stereocenters. The maximum Gasteiger partial charge on any atom is 0.307 e. The third kappa shape index (κ3) is 4.92. The highest BCUT2D eigenvalue weighted by Crippen LogP contribution is 2.44. The molecule has 184 valence electrons. The van der Waals surface area contributed by atoms with Gasteiger partial charge in [-0.2, -0.15) is 0 Å². The van der Waals surface area contributed by atoms with Crippen molar-refractivity contribution in [3.05, 3.63) is 65.7 Å². The number of hydrogen-bond acceptors (Lipinski definition) is 5. The predicted octanol–water partition coefficient (Wildman–Crippen LogP) is 3.36. The molecule has 1 fully saturated rings. The predicted molar refractivity (Wildman–Crippen MR) is 130 cm³/mol. The first-order chi connectivity index (χ1) is 16.8. The zero-order chi connectivity index (χ0) is 25.0. The number of fused-ring (bicyclic) bond motifs is 3. The largest absolute Gasteiger partial charge is 0.469 e. The number of methoxy groups -OCH3 is 1. The van der Waals surface area contributed by atoms with Gasteiger partial charge in [0.05, 0.1) is 24.8 Å². The topological polar surface area (TPSA) is 87.2 Å². The molecule has 0 spiro atoms. The Morgan fingerprint density at radius 3 is 2.49 bits per heavy atom. The highest BCUT2D eigenvalue weighted by molar-refractivity contribution is 6.10. The van der Waals surface area contributed by atoms with Gasteiger partial charge in [0, 0.05) is 32.5 Å². The summed E-state index contributed by atoms with van der Waals surface area (Å²) in [5.41, 5.74) is 1.41. The minimum Gasteiger partial charge on any atom is -0.469 e. The molecule has 0 aromatic heterocycles. The van der Waals surface area contributed by atoms with Gasteiger partial charge in [0.2, 0.25) is 11.8 Å². The normalized spacial score (nSPS) is 18.8. The first kappa shape index (κ1) is 24.4. The van der Waals surface area contributed by atoms with E-state index in [1.807, 2.05) is 49.4 Å². The van der Waals surface area contributed by atoms with Crippen molar-refractivity contribution >= 4 is 29.4 Å². The molecule has 35 heavy (non-hydrogen) atoms. The third-order valence-corrected chi connectivity index (χ3v) is 6.90. The zero-order valence-electron chi connectivity index (χ0n) is 20.2. The van der Waals surface area contributed by atoms with Crippen molar-refractivity contribution in [1.82, 2.24) is 9.80 Å². The molecule has 2 aliphatic rings. The molecule has 2 aromatic carbocycles. The van der Waals surface area contributed by atoms with Crippen LogP contribution in [0.1, 0.15) is 54.9 Å². The standard InChI is InChI=1S/C27H31N3O5/c1-27-16-14-24(32)30(27)22-12-7-6-11-21(22)26(34)29(27)17-8-13-23(31)28(18-15-25(33)35-2)19-20-9-4-3-5-10-20/h3-7,9-12H,8,13-19H2,1-2H3. The number of anilines is 1. The Hall–Kier alpha value is -3.68. The second kappa shape index (κ2) is 10.3. The molecule has 0 bridgehead atoms. The van der Waals surface area contributed by atoms with E-state index in [4.69, 9.17) is 4.74 Å². The van der Waals surface area contributed by atoms with Crippen LogP contribution in [-0.2, 0) is 25.7 Å². The SMILES string of the molecule is COC(=O)CCN(Cc1ccccc1)C(=O)CCCN1C(=O)c2ccccc2N2C(=O)CCC12C. The van der Waals surface area contributed by atoms with E-state index in [9.17, 15) is 19.2 Å². The van der Waals surface area contributed by atoms with Gasteiger partial charge in [-0.1, -0.05) is 42.5 Å². The molecule has 0 N–H and O–H groups in total. The second-order valence-corrected chi connectivity index (χ2v) is 9.15. The van der Waals surface area contributed by atoms with Crippen LogP contribution in [0.5, 0.6) is 0 Å². The van der Waals surface area contributed by atoms with Gasteiger partial charge in [-0.05, 0) is 37.5 Å². The number of amides is 3. The van der Waals surface area contributed by atoms with E-state index in [0.717, 1.165) is 5.56 Å². The number of benzene rings is 2. The van der Waals surface area contributed by atoms with Gasteiger partial charge in [0.15, 0.2) is 0 Å². The lowest BCUT2D eigenvalue weighted by Gasteiger charge is -2.48. The number of esters is 1. The van der Waals surface area contributed by atoms with Gasteiger partial charge in [-0.15, -0.1) is 0 Å². The number of nitrogens with zero attached hydrogens (tertiary/aromatic N) is 3. The summed E-state index contributed by atoms with van der Waals surface area (Å²) < 4.78 is 4.74. The molecule has 1 saturated heterocycles. The Kier molecular flexibility index (Phi) is 7.19. The average Bonchev–Trinajstić information content (AvgIpc) is 3.18. The summed E-state index contributed by atoms with van der Waals surface area (Å²) in [4.78, 5) is 56.0. The summed E-state index contributed by atoms with van der Waals surface area (Å²) in [5, 5.41) is 0. The van der Waals surface area contributed by atoms with E-state index in [0.29, 0.717) is 43.6 Å². The smallest absolute Gasteiger partial charge is 0.307 e.